The van der Waals surface area contributed by atoms with Gasteiger partial charge in [0.2, 0.25) is 0 Å². The predicted molar refractivity (Wildman–Crippen MR) is 111 cm³/mol. The minimum absolute atomic E-state index is 0.00277. The molecule has 180 valence electrons. The number of hydrogen-bond acceptors (Lipinski definition) is 4. The van der Waals surface area contributed by atoms with Crippen molar-refractivity contribution in [1.82, 2.24) is 19.4 Å². The highest BCUT2D eigenvalue weighted by Crippen LogP contribution is 2.39. The second kappa shape index (κ2) is 8.86. The Morgan fingerprint density at radius 2 is 1.64 bits per heavy atom. The Labute approximate surface area is 190 Å². The van der Waals surface area contributed by atoms with E-state index in [1.54, 1.807) is 16.8 Å². The van der Waals surface area contributed by atoms with Crippen LogP contribution in [-0.2, 0) is 25.3 Å². The van der Waals surface area contributed by atoms with Crippen LogP contribution < -0.4 is 0 Å². The van der Waals surface area contributed by atoms with Crippen LogP contribution in [0.5, 0.6) is 0 Å². The Bertz CT molecular complexity index is 994. The normalized spacial score (nSPS) is 18.5. The third-order valence-electron chi connectivity index (χ3n) is 6.22. The number of amides is 1. The molecule has 0 saturated carbocycles. The lowest BCUT2D eigenvalue weighted by Crippen LogP contribution is -2.39. The number of alkyl halides is 6. The Kier molecular flexibility index (Phi) is 6.43. The van der Waals surface area contributed by atoms with Crippen molar-refractivity contribution in [3.63, 3.8) is 0 Å². The van der Waals surface area contributed by atoms with Gasteiger partial charge < -0.3 is 4.90 Å². The van der Waals surface area contributed by atoms with Crippen molar-refractivity contribution in [3.8, 4) is 0 Å². The molecule has 2 aromatic rings. The van der Waals surface area contributed by atoms with E-state index >= 15 is 0 Å². The van der Waals surface area contributed by atoms with Crippen molar-refractivity contribution in [1.29, 1.82) is 0 Å². The summed E-state index contributed by atoms with van der Waals surface area (Å²) in [5, 5.41) is 7.11. The number of H-pyrrole nitrogens is 1. The third-order valence-corrected chi connectivity index (χ3v) is 7.05. The first-order valence-electron chi connectivity index (χ1n) is 10.4. The molecule has 4 rings (SSSR count). The minimum atomic E-state index is -4.88. The molecule has 1 amide bonds. The Morgan fingerprint density at radius 3 is 2.18 bits per heavy atom. The molecular formula is C21H22F6N4OS. The number of halogens is 6. The molecule has 1 aromatic heterocycles. The highest BCUT2D eigenvalue weighted by atomic mass is 32.2. The van der Waals surface area contributed by atoms with Crippen molar-refractivity contribution < 1.29 is 31.1 Å². The quantitative estimate of drug-likeness (QED) is 0.479. The van der Waals surface area contributed by atoms with Gasteiger partial charge >= 0.3 is 12.4 Å². The number of nitrogens with one attached hydrogen (secondary N) is 1. The molecule has 0 unspecified atom stereocenters. The highest BCUT2D eigenvalue weighted by molar-refractivity contribution is 7.96. The summed E-state index contributed by atoms with van der Waals surface area (Å²) in [6.45, 7) is 1.88. The monoisotopic (exact) mass is 492 g/mol. The topological polar surface area (TPSA) is 52.2 Å². The van der Waals surface area contributed by atoms with Crippen molar-refractivity contribution in [2.24, 2.45) is 0 Å². The van der Waals surface area contributed by atoms with Crippen LogP contribution in [0.3, 0.4) is 0 Å². The number of rotatable bonds is 3. The first-order chi connectivity index (χ1) is 15.5. The molecule has 0 spiro atoms. The zero-order valence-electron chi connectivity index (χ0n) is 17.7. The Hall–Kier alpha value is -2.21. The molecule has 1 N–H and O–H groups in total. The first kappa shape index (κ1) is 23.9. The summed E-state index contributed by atoms with van der Waals surface area (Å²) in [5.74, 6) is -0.772. The number of likely N-dealkylation sites (tertiary alicyclic amines) is 1. The van der Waals surface area contributed by atoms with E-state index < -0.39 is 29.4 Å². The van der Waals surface area contributed by atoms with Crippen molar-refractivity contribution in [2.45, 2.75) is 44.1 Å². The fourth-order valence-electron chi connectivity index (χ4n) is 4.38. The number of nitrogens with zero attached hydrogens (tertiary/aromatic N) is 3. The second-order valence-corrected chi connectivity index (χ2v) is 9.11. The molecule has 3 heterocycles. The molecule has 2 aliphatic heterocycles. The van der Waals surface area contributed by atoms with Gasteiger partial charge in [-0.25, -0.2) is 4.31 Å². The van der Waals surface area contributed by atoms with Gasteiger partial charge in [-0.1, -0.05) is 11.9 Å². The van der Waals surface area contributed by atoms with E-state index in [4.69, 9.17) is 0 Å². The van der Waals surface area contributed by atoms with Gasteiger partial charge in [0, 0.05) is 43.9 Å². The largest absolute Gasteiger partial charge is 0.416 e. The van der Waals surface area contributed by atoms with Crippen LogP contribution in [0.1, 0.15) is 57.2 Å². The summed E-state index contributed by atoms with van der Waals surface area (Å²) in [5.41, 5.74) is -0.533. The fraction of sp³-hybridized carbons (Fsp3) is 0.524. The summed E-state index contributed by atoms with van der Waals surface area (Å²) in [6.07, 6.45) is -6.51. The molecule has 1 fully saturated rings. The summed E-state index contributed by atoms with van der Waals surface area (Å²) in [4.78, 5) is 14.6. The SMILES string of the molecule is CSN1CCc2[nH]nc(C(=O)N3CCC(c4cc(C(F)(F)F)cc(C(F)(F)F)c4)CC3)c2C1. The highest BCUT2D eigenvalue weighted by Gasteiger charge is 2.38. The van der Waals surface area contributed by atoms with Gasteiger partial charge in [0.1, 0.15) is 0 Å². The van der Waals surface area contributed by atoms with Crippen LogP contribution >= 0.6 is 11.9 Å². The zero-order valence-corrected chi connectivity index (χ0v) is 18.5. The lowest BCUT2D eigenvalue weighted by atomic mass is 9.87. The van der Waals surface area contributed by atoms with E-state index in [9.17, 15) is 31.1 Å². The van der Waals surface area contributed by atoms with Crippen molar-refractivity contribution in [3.05, 3.63) is 51.8 Å². The number of carbonyl (C=O) groups is 1. The molecule has 12 heteroatoms. The maximum Gasteiger partial charge on any atom is 0.416 e. The van der Waals surface area contributed by atoms with Gasteiger partial charge in [0.15, 0.2) is 5.69 Å². The van der Waals surface area contributed by atoms with Gasteiger partial charge in [0.25, 0.3) is 5.91 Å². The van der Waals surface area contributed by atoms with E-state index in [1.165, 1.54) is 0 Å². The molecule has 0 atom stereocenters. The summed E-state index contributed by atoms with van der Waals surface area (Å²) >= 11 is 1.58. The summed E-state index contributed by atoms with van der Waals surface area (Å²) in [6, 6.07) is 1.72. The van der Waals surface area contributed by atoms with Gasteiger partial charge in [-0.15, -0.1) is 0 Å². The average Bonchev–Trinajstić information content (AvgIpc) is 3.20. The molecule has 0 bridgehead atoms. The Balaban J connectivity index is 1.50. The number of fused-ring (bicyclic) bond motifs is 1. The lowest BCUT2D eigenvalue weighted by molar-refractivity contribution is -0.143. The number of benzene rings is 1. The standard InChI is InChI=1S/C21H22F6N4OS/c1-33-31-7-4-17-16(11-31)18(29-28-17)19(32)30-5-2-12(3-6-30)13-8-14(20(22,23)24)10-15(9-13)21(25,26)27/h8-10,12H,2-7,11H2,1H3,(H,28,29). The smallest absolute Gasteiger partial charge is 0.337 e. The maximum absolute atomic E-state index is 13.2. The molecular weight excluding hydrogens is 470 g/mol. The number of aromatic nitrogens is 2. The fourth-order valence-corrected chi connectivity index (χ4v) is 4.92. The van der Waals surface area contributed by atoms with E-state index in [0.29, 0.717) is 12.2 Å². The maximum atomic E-state index is 13.2. The van der Waals surface area contributed by atoms with Crippen LogP contribution in [0.2, 0.25) is 0 Å². The molecule has 1 aromatic carbocycles. The van der Waals surface area contributed by atoms with Crippen LogP contribution in [0.15, 0.2) is 18.2 Å². The average molecular weight is 492 g/mol. The van der Waals surface area contributed by atoms with Gasteiger partial charge in [-0.2, -0.15) is 31.4 Å². The lowest BCUT2D eigenvalue weighted by Gasteiger charge is -2.33. The summed E-state index contributed by atoms with van der Waals surface area (Å²) in [7, 11) is 0. The minimum Gasteiger partial charge on any atom is -0.337 e. The molecule has 1 saturated heterocycles. The summed E-state index contributed by atoms with van der Waals surface area (Å²) < 4.78 is 81.2. The van der Waals surface area contributed by atoms with E-state index in [0.717, 1.165) is 36.4 Å². The second-order valence-electron chi connectivity index (χ2n) is 8.23. The van der Waals surface area contributed by atoms with Crippen LogP contribution in [-0.4, -0.2) is 51.2 Å². The molecule has 33 heavy (non-hydrogen) atoms. The molecule has 2 aliphatic rings. The number of carbonyl (C=O) groups excluding carboxylic acids is 1. The molecule has 0 aliphatic carbocycles. The number of hydrogen-bond donors (Lipinski definition) is 1. The first-order valence-corrected chi connectivity index (χ1v) is 11.6. The van der Waals surface area contributed by atoms with E-state index in [2.05, 4.69) is 14.5 Å². The van der Waals surface area contributed by atoms with E-state index in [-0.39, 0.29) is 43.5 Å². The van der Waals surface area contributed by atoms with Gasteiger partial charge in [-0.3, -0.25) is 9.89 Å². The number of aromatic amines is 1. The van der Waals surface area contributed by atoms with E-state index in [1.807, 2.05) is 6.26 Å². The molecule has 0 radical (unpaired) electrons. The van der Waals surface area contributed by atoms with Crippen molar-refractivity contribution >= 4 is 17.9 Å². The van der Waals surface area contributed by atoms with Crippen molar-refractivity contribution in [2.75, 3.05) is 25.9 Å². The third kappa shape index (κ3) is 5.01. The predicted octanol–water partition coefficient (Wildman–Crippen LogP) is 5.10. The molecule has 5 nitrogen and oxygen atoms in total. The zero-order chi connectivity index (χ0) is 24.0. The van der Waals surface area contributed by atoms with Crippen LogP contribution in [0.25, 0.3) is 0 Å². The van der Waals surface area contributed by atoms with Crippen LogP contribution in [0, 0.1) is 0 Å². The van der Waals surface area contributed by atoms with Gasteiger partial charge in [-0.05, 0) is 48.8 Å². The Morgan fingerprint density at radius 1 is 1.03 bits per heavy atom. The number of piperidine rings is 1. The van der Waals surface area contributed by atoms with Crippen LogP contribution in [0.4, 0.5) is 26.3 Å². The van der Waals surface area contributed by atoms with Gasteiger partial charge in [0.05, 0.1) is 11.1 Å².